The molecule has 8 heteroatoms. The monoisotopic (exact) mass is 410 g/mol. The molecule has 1 N–H and O–H groups in total. The summed E-state index contributed by atoms with van der Waals surface area (Å²) in [5, 5.41) is 9.45. The lowest BCUT2D eigenvalue weighted by molar-refractivity contribution is -0.142. The highest BCUT2D eigenvalue weighted by molar-refractivity contribution is 7.14. The van der Waals surface area contributed by atoms with Gasteiger partial charge < -0.3 is 4.74 Å². The number of benzene rings is 1. The fraction of sp³-hybridized carbons (Fsp3) is 0.238. The Kier molecular flexibility index (Phi) is 6.56. The van der Waals surface area contributed by atoms with Crippen LogP contribution in [0.5, 0.6) is 0 Å². The molecule has 1 aromatic carbocycles. The van der Waals surface area contributed by atoms with Crippen LogP contribution < -0.4 is 5.32 Å². The minimum Gasteiger partial charge on any atom is -0.466 e. The average Bonchev–Trinajstić information content (AvgIpc) is 3.24. The molecule has 3 aromatic rings. The van der Waals surface area contributed by atoms with E-state index in [2.05, 4.69) is 15.4 Å². The summed E-state index contributed by atoms with van der Waals surface area (Å²) in [4.78, 5) is 28.0. The second-order valence-electron chi connectivity index (χ2n) is 6.28. The molecular formula is C21H22N4O3S. The van der Waals surface area contributed by atoms with Crippen LogP contribution in [0, 0.1) is 13.8 Å². The minimum absolute atomic E-state index is 0.0904. The summed E-state index contributed by atoms with van der Waals surface area (Å²) in [6.45, 7) is 5.96. The first kappa shape index (κ1) is 20.5. The third-order valence-electron chi connectivity index (χ3n) is 4.16. The van der Waals surface area contributed by atoms with Gasteiger partial charge in [-0.15, -0.1) is 11.3 Å². The molecule has 2 heterocycles. The number of thiazole rings is 1. The predicted molar refractivity (Wildman–Crippen MR) is 113 cm³/mol. The van der Waals surface area contributed by atoms with Crippen LogP contribution in [0.15, 0.2) is 41.8 Å². The summed E-state index contributed by atoms with van der Waals surface area (Å²) in [7, 11) is 0. The van der Waals surface area contributed by atoms with E-state index >= 15 is 0 Å². The number of anilines is 1. The molecule has 7 nitrogen and oxygen atoms in total. The number of ether oxygens (including phenoxy) is 1. The number of amides is 1. The number of carbonyl (C=O) groups is 2. The lowest BCUT2D eigenvalue weighted by Crippen LogP contribution is -2.09. The Morgan fingerprint density at radius 1 is 1.24 bits per heavy atom. The molecule has 150 valence electrons. The van der Waals surface area contributed by atoms with Crippen LogP contribution in [-0.4, -0.2) is 33.2 Å². The standard InChI is InChI=1S/C21H22N4O3S/c1-4-28-20(27)12-16-13-29-21(22-16)23-19(26)11-10-18-14(2)24-25(15(18)3)17-8-6-5-7-9-17/h5-11,13H,4,12H2,1-3H3,(H,22,23,26)/b11-10+. The number of hydrogen-bond donors (Lipinski definition) is 1. The van der Waals surface area contributed by atoms with E-state index in [4.69, 9.17) is 4.74 Å². The van der Waals surface area contributed by atoms with Crippen LogP contribution in [0.1, 0.15) is 29.6 Å². The van der Waals surface area contributed by atoms with E-state index in [-0.39, 0.29) is 18.3 Å². The molecule has 0 bridgehead atoms. The third-order valence-corrected chi connectivity index (χ3v) is 4.97. The van der Waals surface area contributed by atoms with Crippen LogP contribution >= 0.6 is 11.3 Å². The van der Waals surface area contributed by atoms with Gasteiger partial charge in [-0.05, 0) is 39.0 Å². The molecule has 0 atom stereocenters. The van der Waals surface area contributed by atoms with E-state index in [0.717, 1.165) is 22.6 Å². The zero-order valence-electron chi connectivity index (χ0n) is 16.5. The van der Waals surface area contributed by atoms with Gasteiger partial charge in [0.25, 0.3) is 0 Å². The smallest absolute Gasteiger partial charge is 0.311 e. The second kappa shape index (κ2) is 9.29. The maximum absolute atomic E-state index is 12.3. The van der Waals surface area contributed by atoms with Gasteiger partial charge in [0.05, 0.1) is 30.1 Å². The third kappa shape index (κ3) is 5.17. The Morgan fingerprint density at radius 2 is 2.00 bits per heavy atom. The number of aromatic nitrogens is 3. The van der Waals surface area contributed by atoms with Crippen LogP contribution in [0.4, 0.5) is 5.13 Å². The van der Waals surface area contributed by atoms with Gasteiger partial charge in [-0.1, -0.05) is 18.2 Å². The van der Waals surface area contributed by atoms with Crippen molar-refractivity contribution in [2.24, 2.45) is 0 Å². The van der Waals surface area contributed by atoms with Gasteiger partial charge in [-0.3, -0.25) is 14.9 Å². The van der Waals surface area contributed by atoms with Crippen molar-refractivity contribution in [2.75, 3.05) is 11.9 Å². The summed E-state index contributed by atoms with van der Waals surface area (Å²) in [6.07, 6.45) is 3.30. The SMILES string of the molecule is CCOC(=O)Cc1csc(NC(=O)/C=C/c2c(C)nn(-c3ccccc3)c2C)n1. The molecule has 0 saturated heterocycles. The number of hydrogen-bond acceptors (Lipinski definition) is 6. The zero-order chi connectivity index (χ0) is 20.8. The maximum Gasteiger partial charge on any atom is 0.311 e. The highest BCUT2D eigenvalue weighted by atomic mass is 32.1. The van der Waals surface area contributed by atoms with Crippen LogP contribution in [0.2, 0.25) is 0 Å². The molecule has 0 aliphatic carbocycles. The van der Waals surface area contributed by atoms with Gasteiger partial charge in [0, 0.05) is 22.7 Å². The van der Waals surface area contributed by atoms with Gasteiger partial charge in [-0.2, -0.15) is 5.10 Å². The Bertz CT molecular complexity index is 1040. The molecule has 0 fully saturated rings. The molecule has 0 unspecified atom stereocenters. The Labute approximate surface area is 173 Å². The fourth-order valence-corrected chi connectivity index (χ4v) is 3.54. The summed E-state index contributed by atoms with van der Waals surface area (Å²) in [5.41, 5.74) is 4.22. The molecule has 2 aromatic heterocycles. The summed E-state index contributed by atoms with van der Waals surface area (Å²) in [6, 6.07) is 9.83. The Hall–Kier alpha value is -3.26. The summed E-state index contributed by atoms with van der Waals surface area (Å²) >= 11 is 1.27. The number of aryl methyl sites for hydroxylation is 1. The van der Waals surface area contributed by atoms with Gasteiger partial charge in [0.1, 0.15) is 0 Å². The Morgan fingerprint density at radius 3 is 2.72 bits per heavy atom. The second-order valence-corrected chi connectivity index (χ2v) is 7.14. The lowest BCUT2D eigenvalue weighted by Gasteiger charge is -2.03. The molecule has 3 rings (SSSR count). The van der Waals surface area contributed by atoms with Crippen LogP contribution in [-0.2, 0) is 20.7 Å². The van der Waals surface area contributed by atoms with Crippen molar-refractivity contribution < 1.29 is 14.3 Å². The van der Waals surface area contributed by atoms with E-state index in [1.807, 2.05) is 48.9 Å². The van der Waals surface area contributed by atoms with Crippen LogP contribution in [0.25, 0.3) is 11.8 Å². The first-order valence-corrected chi connectivity index (χ1v) is 10.1. The van der Waals surface area contributed by atoms with Gasteiger partial charge >= 0.3 is 5.97 Å². The lowest BCUT2D eigenvalue weighted by atomic mass is 10.2. The summed E-state index contributed by atoms with van der Waals surface area (Å²) in [5.74, 6) is -0.634. The van der Waals surface area contributed by atoms with Gasteiger partial charge in [0.2, 0.25) is 5.91 Å². The molecule has 1 amide bonds. The molecule has 0 spiro atoms. The molecule has 29 heavy (non-hydrogen) atoms. The van der Waals surface area contributed by atoms with E-state index < -0.39 is 0 Å². The predicted octanol–water partition coefficient (Wildman–Crippen LogP) is 3.70. The fourth-order valence-electron chi connectivity index (χ4n) is 2.83. The van der Waals surface area contributed by atoms with Crippen molar-refractivity contribution in [3.63, 3.8) is 0 Å². The normalized spacial score (nSPS) is 11.0. The molecule has 0 aliphatic rings. The minimum atomic E-state index is -0.336. The van der Waals surface area contributed by atoms with E-state index in [1.54, 1.807) is 18.4 Å². The number of nitrogens with zero attached hydrogens (tertiary/aromatic N) is 3. The first-order valence-electron chi connectivity index (χ1n) is 9.18. The Balaban J connectivity index is 1.66. The van der Waals surface area contributed by atoms with Crippen molar-refractivity contribution in [3.05, 3.63) is 64.4 Å². The van der Waals surface area contributed by atoms with Crippen molar-refractivity contribution in [1.82, 2.24) is 14.8 Å². The molecule has 0 saturated carbocycles. The zero-order valence-corrected chi connectivity index (χ0v) is 17.3. The molecule has 0 aliphatic heterocycles. The highest BCUT2D eigenvalue weighted by Crippen LogP contribution is 2.20. The summed E-state index contributed by atoms with van der Waals surface area (Å²) < 4.78 is 6.76. The van der Waals surface area contributed by atoms with Crippen molar-refractivity contribution in [3.8, 4) is 5.69 Å². The van der Waals surface area contributed by atoms with Crippen LogP contribution in [0.3, 0.4) is 0 Å². The van der Waals surface area contributed by atoms with Gasteiger partial charge in [-0.25, -0.2) is 9.67 Å². The average molecular weight is 410 g/mol. The van der Waals surface area contributed by atoms with Crippen molar-refractivity contribution in [2.45, 2.75) is 27.2 Å². The van der Waals surface area contributed by atoms with Crippen molar-refractivity contribution in [1.29, 1.82) is 0 Å². The quantitative estimate of drug-likeness (QED) is 0.474. The number of esters is 1. The van der Waals surface area contributed by atoms with Gasteiger partial charge in [0.15, 0.2) is 5.13 Å². The molecular weight excluding hydrogens is 388 g/mol. The first-order chi connectivity index (χ1) is 14.0. The number of para-hydroxylation sites is 1. The van der Waals surface area contributed by atoms with Crippen molar-refractivity contribution >= 4 is 34.4 Å². The van der Waals surface area contributed by atoms with E-state index in [1.165, 1.54) is 17.4 Å². The number of carbonyl (C=O) groups excluding carboxylic acids is 2. The maximum atomic E-state index is 12.3. The molecule has 0 radical (unpaired) electrons. The van der Waals surface area contributed by atoms with E-state index in [9.17, 15) is 9.59 Å². The van der Waals surface area contributed by atoms with E-state index in [0.29, 0.717) is 17.4 Å². The number of nitrogens with one attached hydrogen (secondary N) is 1. The highest BCUT2D eigenvalue weighted by Gasteiger charge is 2.12. The largest absolute Gasteiger partial charge is 0.466 e. The number of rotatable bonds is 7. The topological polar surface area (TPSA) is 86.1 Å².